The van der Waals surface area contributed by atoms with Crippen molar-refractivity contribution in [2.45, 2.75) is 9.92 Å². The van der Waals surface area contributed by atoms with Gasteiger partial charge in [0.05, 0.1) is 5.02 Å². The molecule has 0 amide bonds. The second-order valence-electron chi connectivity index (χ2n) is 4.40. The van der Waals surface area contributed by atoms with Gasteiger partial charge < -0.3 is 4.74 Å². The first-order valence-electron chi connectivity index (χ1n) is 6.53. The van der Waals surface area contributed by atoms with Gasteiger partial charge in [0.2, 0.25) is 0 Å². The Balaban J connectivity index is 1.81. The summed E-state index contributed by atoms with van der Waals surface area (Å²) >= 11 is 13.7. The fourth-order valence-electron chi connectivity index (χ4n) is 1.81. The first-order chi connectivity index (χ1) is 10.7. The molecule has 2 aromatic carbocycles. The molecule has 0 bridgehead atoms. The van der Waals surface area contributed by atoms with E-state index in [2.05, 4.69) is 4.98 Å². The summed E-state index contributed by atoms with van der Waals surface area (Å²) in [5.74, 6) is 1.19. The molecule has 0 aliphatic carbocycles. The summed E-state index contributed by atoms with van der Waals surface area (Å²) in [5.41, 5.74) is 0. The molecule has 3 rings (SSSR count). The van der Waals surface area contributed by atoms with Crippen LogP contribution >= 0.6 is 35.0 Å². The quantitative estimate of drug-likeness (QED) is 0.550. The molecule has 0 N–H and O–H groups in total. The fraction of sp³-hybridized carbons (Fsp3) is 0. The Morgan fingerprint density at radius 1 is 0.909 bits per heavy atom. The van der Waals surface area contributed by atoms with Crippen LogP contribution in [0.15, 0.2) is 76.8 Å². The number of aromatic nitrogens is 1. The SMILES string of the molecule is Clc1cccc(Oc2ccnc(Sc3ccccc3)c2)c1Cl. The number of halogens is 2. The van der Waals surface area contributed by atoms with Crippen molar-refractivity contribution >= 4 is 35.0 Å². The smallest absolute Gasteiger partial charge is 0.147 e. The Kier molecular flexibility index (Phi) is 4.88. The molecule has 1 aromatic heterocycles. The van der Waals surface area contributed by atoms with Crippen LogP contribution in [0, 0.1) is 0 Å². The first-order valence-corrected chi connectivity index (χ1v) is 8.10. The molecule has 3 aromatic rings. The second-order valence-corrected chi connectivity index (χ2v) is 6.28. The van der Waals surface area contributed by atoms with Crippen LogP contribution in [0.2, 0.25) is 10.0 Å². The van der Waals surface area contributed by atoms with Gasteiger partial charge in [0, 0.05) is 17.2 Å². The van der Waals surface area contributed by atoms with E-state index in [-0.39, 0.29) is 0 Å². The van der Waals surface area contributed by atoms with Crippen LogP contribution in [0.1, 0.15) is 0 Å². The fourth-order valence-corrected chi connectivity index (χ4v) is 2.96. The van der Waals surface area contributed by atoms with Crippen LogP contribution in [0.5, 0.6) is 11.5 Å². The van der Waals surface area contributed by atoms with Crippen molar-refractivity contribution in [3.8, 4) is 11.5 Å². The second kappa shape index (κ2) is 7.05. The van der Waals surface area contributed by atoms with Crippen molar-refractivity contribution in [2.75, 3.05) is 0 Å². The number of pyridine rings is 1. The maximum Gasteiger partial charge on any atom is 0.147 e. The largest absolute Gasteiger partial charge is 0.456 e. The number of nitrogens with zero attached hydrogens (tertiary/aromatic N) is 1. The van der Waals surface area contributed by atoms with E-state index in [1.165, 1.54) is 0 Å². The van der Waals surface area contributed by atoms with Crippen molar-refractivity contribution in [2.24, 2.45) is 0 Å². The van der Waals surface area contributed by atoms with E-state index >= 15 is 0 Å². The lowest BCUT2D eigenvalue weighted by Gasteiger charge is -2.09. The minimum Gasteiger partial charge on any atom is -0.456 e. The third kappa shape index (κ3) is 3.74. The molecule has 0 aliphatic rings. The minimum atomic E-state index is 0.401. The summed E-state index contributed by atoms with van der Waals surface area (Å²) in [6.07, 6.45) is 1.71. The van der Waals surface area contributed by atoms with Crippen LogP contribution in [0.3, 0.4) is 0 Å². The summed E-state index contributed by atoms with van der Waals surface area (Å²) in [4.78, 5) is 5.46. The van der Waals surface area contributed by atoms with E-state index in [4.69, 9.17) is 27.9 Å². The third-order valence-corrected chi connectivity index (χ3v) is 4.56. The zero-order chi connectivity index (χ0) is 15.4. The van der Waals surface area contributed by atoms with Crippen LogP contribution in [0.4, 0.5) is 0 Å². The van der Waals surface area contributed by atoms with Gasteiger partial charge in [-0.1, -0.05) is 59.2 Å². The zero-order valence-electron chi connectivity index (χ0n) is 11.4. The molecule has 0 saturated heterocycles. The highest BCUT2D eigenvalue weighted by Gasteiger charge is 2.07. The van der Waals surface area contributed by atoms with E-state index in [0.29, 0.717) is 21.5 Å². The van der Waals surface area contributed by atoms with Gasteiger partial charge in [-0.05, 0) is 30.3 Å². The molecule has 0 fully saturated rings. The highest BCUT2D eigenvalue weighted by Crippen LogP contribution is 2.35. The number of hydrogen-bond acceptors (Lipinski definition) is 3. The van der Waals surface area contributed by atoms with Gasteiger partial charge in [0.25, 0.3) is 0 Å². The monoisotopic (exact) mass is 347 g/mol. The number of rotatable bonds is 4. The Labute approximate surface area is 143 Å². The molecule has 22 heavy (non-hydrogen) atoms. The Bertz CT molecular complexity index is 781. The lowest BCUT2D eigenvalue weighted by Crippen LogP contribution is -1.87. The standard InChI is InChI=1S/C17H11Cl2NOS/c18-14-7-4-8-15(17(14)19)21-12-9-10-20-16(11-12)22-13-5-2-1-3-6-13/h1-11H. The normalized spacial score (nSPS) is 10.5. The first kappa shape index (κ1) is 15.2. The molecule has 110 valence electrons. The number of ether oxygens (including phenoxy) is 1. The third-order valence-electron chi connectivity index (χ3n) is 2.82. The molecule has 2 nitrogen and oxygen atoms in total. The molecule has 5 heteroatoms. The molecular formula is C17H11Cl2NOS. The molecule has 1 heterocycles. The van der Waals surface area contributed by atoms with Gasteiger partial charge in [-0.2, -0.15) is 0 Å². The highest BCUT2D eigenvalue weighted by molar-refractivity contribution is 7.99. The summed E-state index contributed by atoms with van der Waals surface area (Å²) in [5, 5.41) is 1.71. The Morgan fingerprint density at radius 3 is 2.55 bits per heavy atom. The van der Waals surface area contributed by atoms with E-state index < -0.39 is 0 Å². The predicted molar refractivity (Wildman–Crippen MR) is 91.3 cm³/mol. The van der Waals surface area contributed by atoms with Gasteiger partial charge >= 0.3 is 0 Å². The average Bonchev–Trinajstić information content (AvgIpc) is 2.53. The van der Waals surface area contributed by atoms with E-state index in [9.17, 15) is 0 Å². The maximum atomic E-state index is 6.13. The van der Waals surface area contributed by atoms with Crippen LogP contribution in [-0.2, 0) is 0 Å². The molecule has 0 saturated carbocycles. The van der Waals surface area contributed by atoms with Gasteiger partial charge in [-0.25, -0.2) is 4.98 Å². The average molecular weight is 348 g/mol. The Hall–Kier alpha value is -1.68. The molecule has 0 atom stereocenters. The van der Waals surface area contributed by atoms with Gasteiger partial charge in [0.15, 0.2) is 0 Å². The molecule has 0 radical (unpaired) electrons. The van der Waals surface area contributed by atoms with Crippen molar-refractivity contribution in [3.63, 3.8) is 0 Å². The lowest BCUT2D eigenvalue weighted by molar-refractivity contribution is 0.480. The zero-order valence-corrected chi connectivity index (χ0v) is 13.7. The van der Waals surface area contributed by atoms with Crippen molar-refractivity contribution in [1.29, 1.82) is 0 Å². The van der Waals surface area contributed by atoms with Crippen molar-refractivity contribution in [3.05, 3.63) is 76.9 Å². The summed E-state index contributed by atoms with van der Waals surface area (Å²) in [6.45, 7) is 0. The van der Waals surface area contributed by atoms with Crippen LogP contribution < -0.4 is 4.74 Å². The summed E-state index contributed by atoms with van der Waals surface area (Å²) in [6, 6.07) is 19.0. The van der Waals surface area contributed by atoms with Gasteiger partial charge in [0.1, 0.15) is 21.5 Å². The Morgan fingerprint density at radius 2 is 1.73 bits per heavy atom. The lowest BCUT2D eigenvalue weighted by atomic mass is 10.3. The van der Waals surface area contributed by atoms with Gasteiger partial charge in [-0.3, -0.25) is 0 Å². The number of benzene rings is 2. The maximum absolute atomic E-state index is 6.13. The molecule has 0 aliphatic heterocycles. The van der Waals surface area contributed by atoms with Crippen LogP contribution in [0.25, 0.3) is 0 Å². The molecule has 0 spiro atoms. The topological polar surface area (TPSA) is 22.1 Å². The minimum absolute atomic E-state index is 0.401. The van der Waals surface area contributed by atoms with Crippen LogP contribution in [-0.4, -0.2) is 4.98 Å². The van der Waals surface area contributed by atoms with E-state index in [1.807, 2.05) is 36.4 Å². The van der Waals surface area contributed by atoms with Gasteiger partial charge in [-0.15, -0.1) is 0 Å². The van der Waals surface area contributed by atoms with Crippen molar-refractivity contribution in [1.82, 2.24) is 4.98 Å². The summed E-state index contributed by atoms with van der Waals surface area (Å²) < 4.78 is 5.80. The number of hydrogen-bond donors (Lipinski definition) is 0. The van der Waals surface area contributed by atoms with E-state index in [1.54, 1.807) is 42.2 Å². The highest BCUT2D eigenvalue weighted by atomic mass is 35.5. The van der Waals surface area contributed by atoms with E-state index in [0.717, 1.165) is 9.92 Å². The predicted octanol–water partition coefficient (Wildman–Crippen LogP) is 6.33. The summed E-state index contributed by atoms with van der Waals surface area (Å²) in [7, 11) is 0. The molecule has 0 unspecified atom stereocenters. The molecular weight excluding hydrogens is 337 g/mol. The van der Waals surface area contributed by atoms with Crippen molar-refractivity contribution < 1.29 is 4.74 Å².